The Balaban J connectivity index is 1.92. The third-order valence-corrected chi connectivity index (χ3v) is 4.97. The number of carbonyl (C=O) groups excluding carboxylic acids is 1. The number of hydrogen-bond acceptors (Lipinski definition) is 4. The third-order valence-electron chi connectivity index (χ3n) is 4.15. The molecule has 1 amide bonds. The second-order valence-electron chi connectivity index (χ2n) is 5.81. The predicted octanol–water partition coefficient (Wildman–Crippen LogP) is 2.54. The van der Waals surface area contributed by atoms with Crippen molar-refractivity contribution < 1.29 is 14.7 Å². The van der Waals surface area contributed by atoms with E-state index in [1.807, 2.05) is 12.3 Å². The molecule has 2 N–H and O–H groups in total. The van der Waals surface area contributed by atoms with Gasteiger partial charge in [0, 0.05) is 11.9 Å². The summed E-state index contributed by atoms with van der Waals surface area (Å²) in [5.41, 5.74) is -0.0373. The Morgan fingerprint density at radius 2 is 2.00 bits per heavy atom. The lowest BCUT2D eigenvalue weighted by molar-refractivity contribution is -0.149. The van der Waals surface area contributed by atoms with Crippen LogP contribution < -0.4 is 5.32 Å². The zero-order chi connectivity index (χ0) is 15.3. The van der Waals surface area contributed by atoms with Crippen molar-refractivity contribution in [2.45, 2.75) is 51.9 Å². The van der Waals surface area contributed by atoms with Gasteiger partial charge in [-0.25, -0.2) is 4.98 Å². The Bertz CT molecular complexity index is 505. The van der Waals surface area contributed by atoms with Gasteiger partial charge in [0.05, 0.1) is 22.5 Å². The van der Waals surface area contributed by atoms with E-state index in [1.54, 1.807) is 0 Å². The first-order valence-corrected chi connectivity index (χ1v) is 8.31. The topological polar surface area (TPSA) is 79.3 Å². The average Bonchev–Trinajstić information content (AvgIpc) is 2.71. The molecule has 1 aliphatic rings. The summed E-state index contributed by atoms with van der Waals surface area (Å²) in [5, 5.41) is 15.2. The summed E-state index contributed by atoms with van der Waals surface area (Å²) >= 11 is 1.51. The monoisotopic (exact) mass is 310 g/mol. The predicted molar refractivity (Wildman–Crippen MR) is 81.3 cm³/mol. The second kappa shape index (κ2) is 7.02. The molecule has 1 aromatic rings. The van der Waals surface area contributed by atoms with E-state index in [0.29, 0.717) is 12.8 Å². The minimum Gasteiger partial charge on any atom is -0.481 e. The molecule has 5 nitrogen and oxygen atoms in total. The SMILES string of the molecule is Cc1nc(CC(=O)NCC2(C(=O)O)CCCCCC2)cs1. The zero-order valence-corrected chi connectivity index (χ0v) is 13.2. The third kappa shape index (κ3) is 4.27. The molecule has 6 heteroatoms. The van der Waals surface area contributed by atoms with Crippen molar-refractivity contribution in [2.75, 3.05) is 6.54 Å². The van der Waals surface area contributed by atoms with Crippen LogP contribution in [0, 0.1) is 12.3 Å². The molecule has 1 aromatic heterocycles. The van der Waals surface area contributed by atoms with E-state index < -0.39 is 11.4 Å². The van der Waals surface area contributed by atoms with Crippen molar-refractivity contribution in [1.29, 1.82) is 0 Å². The fourth-order valence-corrected chi connectivity index (χ4v) is 3.47. The quantitative estimate of drug-likeness (QED) is 0.819. The lowest BCUT2D eigenvalue weighted by Gasteiger charge is -2.28. The lowest BCUT2D eigenvalue weighted by atomic mass is 9.80. The number of carboxylic acids is 1. The van der Waals surface area contributed by atoms with E-state index in [2.05, 4.69) is 10.3 Å². The largest absolute Gasteiger partial charge is 0.481 e. The molecular weight excluding hydrogens is 288 g/mol. The van der Waals surface area contributed by atoms with Gasteiger partial charge in [-0.2, -0.15) is 0 Å². The molecule has 21 heavy (non-hydrogen) atoms. The molecule has 0 radical (unpaired) electrons. The van der Waals surface area contributed by atoms with E-state index in [1.165, 1.54) is 11.3 Å². The number of rotatable bonds is 5. The number of nitrogens with one attached hydrogen (secondary N) is 1. The molecule has 0 unspecified atom stereocenters. The Labute approximate surface area is 128 Å². The van der Waals surface area contributed by atoms with Crippen molar-refractivity contribution in [3.63, 3.8) is 0 Å². The number of amides is 1. The zero-order valence-electron chi connectivity index (χ0n) is 12.4. The molecule has 1 saturated carbocycles. The Kier molecular flexibility index (Phi) is 5.33. The number of aromatic nitrogens is 1. The standard InChI is InChI=1S/C15H22N2O3S/c1-11-17-12(9-21-11)8-13(18)16-10-15(14(19)20)6-4-2-3-5-7-15/h9H,2-8,10H2,1H3,(H,16,18)(H,19,20). The first-order valence-electron chi connectivity index (χ1n) is 7.43. The summed E-state index contributed by atoms with van der Waals surface area (Å²) < 4.78 is 0. The van der Waals surface area contributed by atoms with Gasteiger partial charge >= 0.3 is 5.97 Å². The fourth-order valence-electron chi connectivity index (χ4n) is 2.86. The number of hydrogen-bond donors (Lipinski definition) is 2. The molecule has 0 saturated heterocycles. The summed E-state index contributed by atoms with van der Waals surface area (Å²) in [5.74, 6) is -0.931. The van der Waals surface area contributed by atoms with Gasteiger partial charge in [0.25, 0.3) is 0 Å². The minimum atomic E-state index is -0.788. The Morgan fingerprint density at radius 3 is 2.52 bits per heavy atom. The van der Waals surface area contributed by atoms with Gasteiger partial charge in [-0.15, -0.1) is 11.3 Å². The normalized spacial score (nSPS) is 18.0. The van der Waals surface area contributed by atoms with Crippen LogP contribution in [0.3, 0.4) is 0 Å². The summed E-state index contributed by atoms with van der Waals surface area (Å²) in [6, 6.07) is 0. The highest BCUT2D eigenvalue weighted by molar-refractivity contribution is 7.09. The molecule has 1 aliphatic carbocycles. The van der Waals surface area contributed by atoms with Gasteiger partial charge in [-0.05, 0) is 19.8 Å². The number of aryl methyl sites for hydroxylation is 1. The fraction of sp³-hybridized carbons (Fsp3) is 0.667. The van der Waals surface area contributed by atoms with Crippen LogP contribution in [-0.2, 0) is 16.0 Å². The van der Waals surface area contributed by atoms with Gasteiger partial charge in [0.15, 0.2) is 0 Å². The first kappa shape index (κ1) is 15.9. The molecule has 1 heterocycles. The molecular formula is C15H22N2O3S. The van der Waals surface area contributed by atoms with Gasteiger partial charge < -0.3 is 10.4 Å². The van der Waals surface area contributed by atoms with Crippen molar-refractivity contribution in [2.24, 2.45) is 5.41 Å². The van der Waals surface area contributed by atoms with E-state index in [-0.39, 0.29) is 18.9 Å². The van der Waals surface area contributed by atoms with Crippen LogP contribution >= 0.6 is 11.3 Å². The number of carboxylic acid groups (broad SMARTS) is 1. The van der Waals surface area contributed by atoms with E-state index in [4.69, 9.17) is 0 Å². The number of carbonyl (C=O) groups is 2. The molecule has 0 atom stereocenters. The summed E-state index contributed by atoms with van der Waals surface area (Å²) in [6.45, 7) is 2.13. The highest BCUT2D eigenvalue weighted by Gasteiger charge is 2.38. The maximum atomic E-state index is 12.0. The summed E-state index contributed by atoms with van der Waals surface area (Å²) in [6.07, 6.45) is 5.54. The van der Waals surface area contributed by atoms with Crippen LogP contribution in [0.2, 0.25) is 0 Å². The Morgan fingerprint density at radius 1 is 1.33 bits per heavy atom. The molecule has 0 bridgehead atoms. The highest BCUT2D eigenvalue weighted by Crippen LogP contribution is 2.34. The molecule has 0 spiro atoms. The lowest BCUT2D eigenvalue weighted by Crippen LogP contribution is -2.43. The van der Waals surface area contributed by atoms with Gasteiger partial charge in [0.1, 0.15) is 0 Å². The number of nitrogens with zero attached hydrogens (tertiary/aromatic N) is 1. The summed E-state index contributed by atoms with van der Waals surface area (Å²) in [4.78, 5) is 27.9. The van der Waals surface area contributed by atoms with Crippen molar-refractivity contribution in [3.8, 4) is 0 Å². The summed E-state index contributed by atoms with van der Waals surface area (Å²) in [7, 11) is 0. The van der Waals surface area contributed by atoms with Crippen molar-refractivity contribution >= 4 is 23.2 Å². The van der Waals surface area contributed by atoms with Gasteiger partial charge in [-0.1, -0.05) is 25.7 Å². The minimum absolute atomic E-state index is 0.148. The Hall–Kier alpha value is -1.43. The maximum Gasteiger partial charge on any atom is 0.311 e. The van der Waals surface area contributed by atoms with Crippen LogP contribution in [0.4, 0.5) is 0 Å². The smallest absolute Gasteiger partial charge is 0.311 e. The van der Waals surface area contributed by atoms with Gasteiger partial charge in [-0.3, -0.25) is 9.59 Å². The maximum absolute atomic E-state index is 12.0. The van der Waals surface area contributed by atoms with E-state index in [0.717, 1.165) is 36.4 Å². The van der Waals surface area contributed by atoms with Crippen LogP contribution in [0.25, 0.3) is 0 Å². The van der Waals surface area contributed by atoms with E-state index in [9.17, 15) is 14.7 Å². The van der Waals surface area contributed by atoms with Crippen molar-refractivity contribution in [3.05, 3.63) is 16.1 Å². The van der Waals surface area contributed by atoms with Gasteiger partial charge in [0.2, 0.25) is 5.91 Å². The molecule has 116 valence electrons. The van der Waals surface area contributed by atoms with E-state index >= 15 is 0 Å². The van der Waals surface area contributed by atoms with Crippen LogP contribution in [-0.4, -0.2) is 28.5 Å². The molecule has 2 rings (SSSR count). The molecule has 1 fully saturated rings. The number of thiazole rings is 1. The highest BCUT2D eigenvalue weighted by atomic mass is 32.1. The number of aliphatic carboxylic acids is 1. The van der Waals surface area contributed by atoms with Crippen molar-refractivity contribution in [1.82, 2.24) is 10.3 Å². The second-order valence-corrected chi connectivity index (χ2v) is 6.87. The average molecular weight is 310 g/mol. The first-order chi connectivity index (χ1) is 10.0. The molecule has 0 aromatic carbocycles. The molecule has 0 aliphatic heterocycles. The van der Waals surface area contributed by atoms with Crippen LogP contribution in [0.5, 0.6) is 0 Å². The van der Waals surface area contributed by atoms with Crippen LogP contribution in [0.1, 0.15) is 49.2 Å². The van der Waals surface area contributed by atoms with Crippen LogP contribution in [0.15, 0.2) is 5.38 Å².